The molecule has 0 bridgehead atoms. The Bertz CT molecular complexity index is 1830. The number of rotatable bonds is 8. The average Bonchev–Trinajstić information content (AvgIpc) is 3.77. The van der Waals surface area contributed by atoms with Crippen molar-refractivity contribution in [1.82, 2.24) is 30.1 Å². The number of carbonyl (C=O) groups is 2. The quantitative estimate of drug-likeness (QED) is 0.251. The van der Waals surface area contributed by atoms with Crippen LogP contribution >= 0.6 is 0 Å². The minimum atomic E-state index is -1.86. The van der Waals surface area contributed by atoms with E-state index in [9.17, 15) is 18.4 Å². The Hall–Kier alpha value is -4.60. The number of alkyl halides is 1. The minimum Gasteiger partial charge on any atom is -0.377 e. The van der Waals surface area contributed by atoms with Gasteiger partial charge in [0.25, 0.3) is 11.8 Å². The molecule has 4 aromatic rings. The molecule has 2 aromatic heterocycles. The maximum atomic E-state index is 14.5. The Balaban J connectivity index is 1.22. The third kappa shape index (κ3) is 5.81. The maximum Gasteiger partial charge on any atom is 0.270 e. The van der Waals surface area contributed by atoms with Gasteiger partial charge in [-0.2, -0.15) is 5.10 Å². The number of nitrogens with zero attached hydrogens (tertiary/aromatic N) is 4. The first-order valence-electron chi connectivity index (χ1n) is 15.4. The summed E-state index contributed by atoms with van der Waals surface area (Å²) in [6, 6.07) is 9.77. The lowest BCUT2D eigenvalue weighted by molar-refractivity contribution is 0.0791. The third-order valence-electron chi connectivity index (χ3n) is 8.98. The van der Waals surface area contributed by atoms with E-state index in [0.717, 1.165) is 61.0 Å². The normalized spacial score (nSPS) is 16.2. The lowest BCUT2D eigenvalue weighted by Crippen LogP contribution is -2.28. The summed E-state index contributed by atoms with van der Waals surface area (Å²) < 4.78 is 30.3. The number of aromatic nitrogens is 3. The molecule has 10 heteroatoms. The van der Waals surface area contributed by atoms with E-state index in [1.807, 2.05) is 30.9 Å². The highest BCUT2D eigenvalue weighted by molar-refractivity contribution is 5.96. The van der Waals surface area contributed by atoms with Gasteiger partial charge in [0.05, 0.1) is 23.6 Å². The van der Waals surface area contributed by atoms with Crippen LogP contribution in [0.3, 0.4) is 0 Å². The van der Waals surface area contributed by atoms with Crippen molar-refractivity contribution in [3.8, 4) is 0 Å². The maximum absolute atomic E-state index is 14.5. The van der Waals surface area contributed by atoms with Crippen molar-refractivity contribution in [1.29, 1.82) is 0 Å². The van der Waals surface area contributed by atoms with E-state index in [4.69, 9.17) is 0 Å². The summed E-state index contributed by atoms with van der Waals surface area (Å²) in [5, 5.41) is 10.9. The van der Waals surface area contributed by atoms with Crippen molar-refractivity contribution >= 4 is 23.2 Å². The molecule has 1 aliphatic carbocycles. The van der Waals surface area contributed by atoms with Gasteiger partial charge in [-0.15, -0.1) is 0 Å². The summed E-state index contributed by atoms with van der Waals surface area (Å²) in [5.74, 6) is -0.957. The molecule has 1 saturated heterocycles. The second-order valence-electron chi connectivity index (χ2n) is 12.6. The van der Waals surface area contributed by atoms with Crippen LogP contribution in [0.1, 0.15) is 99.1 Å². The van der Waals surface area contributed by atoms with Gasteiger partial charge in [-0.05, 0) is 99.9 Å². The molecule has 0 radical (unpaired) electrons. The molecule has 2 amide bonds. The van der Waals surface area contributed by atoms with Gasteiger partial charge < -0.3 is 15.5 Å². The topological polar surface area (TPSA) is 91.6 Å². The summed E-state index contributed by atoms with van der Waals surface area (Å²) >= 11 is 0. The highest BCUT2D eigenvalue weighted by Crippen LogP contribution is 2.36. The molecule has 1 fully saturated rings. The number of carbonyl (C=O) groups excluding carboxylic acids is 2. The molecular weight excluding hydrogens is 574 g/mol. The fourth-order valence-electron chi connectivity index (χ4n) is 6.45. The SMILES string of the molecule is C=C(NC1CCc2c1ccc(C(=O)N1CCCC1)c2C)c1cc(C(=O)NCc2ccc(F)c(C(C)(C)F)c2)nc2c(C)cnn12. The van der Waals surface area contributed by atoms with Gasteiger partial charge in [0.15, 0.2) is 5.65 Å². The molecule has 3 heterocycles. The van der Waals surface area contributed by atoms with E-state index in [2.05, 4.69) is 27.3 Å². The molecule has 0 saturated carbocycles. The first-order valence-corrected chi connectivity index (χ1v) is 15.4. The number of hydrogen-bond donors (Lipinski definition) is 2. The lowest BCUT2D eigenvalue weighted by Gasteiger charge is -2.21. The largest absolute Gasteiger partial charge is 0.377 e. The highest BCUT2D eigenvalue weighted by atomic mass is 19.1. The van der Waals surface area contributed by atoms with Gasteiger partial charge in [-0.1, -0.05) is 18.7 Å². The van der Waals surface area contributed by atoms with Gasteiger partial charge in [0.1, 0.15) is 17.2 Å². The van der Waals surface area contributed by atoms with Gasteiger partial charge in [0.2, 0.25) is 0 Å². The van der Waals surface area contributed by atoms with Crippen molar-refractivity contribution in [2.24, 2.45) is 0 Å². The number of amides is 2. The zero-order valence-corrected chi connectivity index (χ0v) is 26.1. The number of halogens is 2. The van der Waals surface area contributed by atoms with Crippen molar-refractivity contribution in [3.63, 3.8) is 0 Å². The van der Waals surface area contributed by atoms with Crippen LogP contribution in [-0.2, 0) is 18.6 Å². The van der Waals surface area contributed by atoms with Crippen LogP contribution in [-0.4, -0.2) is 44.4 Å². The Kier molecular flexibility index (Phi) is 7.93. The number of likely N-dealkylation sites (tertiary alicyclic amines) is 1. The van der Waals surface area contributed by atoms with Gasteiger partial charge in [-0.3, -0.25) is 9.59 Å². The third-order valence-corrected chi connectivity index (χ3v) is 8.98. The van der Waals surface area contributed by atoms with Gasteiger partial charge in [-0.25, -0.2) is 18.3 Å². The van der Waals surface area contributed by atoms with E-state index in [-0.39, 0.29) is 29.8 Å². The van der Waals surface area contributed by atoms with Crippen molar-refractivity contribution in [3.05, 3.63) is 105 Å². The zero-order valence-electron chi connectivity index (χ0n) is 26.1. The highest BCUT2D eigenvalue weighted by Gasteiger charge is 2.29. The smallest absolute Gasteiger partial charge is 0.270 e. The fraction of sp³-hybridized carbons (Fsp3) is 0.371. The van der Waals surface area contributed by atoms with E-state index in [1.165, 1.54) is 37.6 Å². The average molecular weight is 613 g/mol. The standard InChI is InChI=1S/C35H38F2N6O2/c1-20-18-39-43-31(17-30(41-32(20)43)33(44)38-19-23-8-12-28(36)27(16-23)35(4,5)37)22(3)40-29-13-11-24-21(2)25(9-10-26(24)29)34(45)42-14-6-7-15-42/h8-10,12,16-18,29,40H,3,6-7,11,13-15,19H2,1-2,4-5H3,(H,38,44). The number of nitrogens with one attached hydrogen (secondary N) is 2. The second kappa shape index (κ2) is 11.7. The van der Waals surface area contributed by atoms with Crippen LogP contribution in [0, 0.1) is 19.7 Å². The van der Waals surface area contributed by atoms with Crippen LogP contribution < -0.4 is 10.6 Å². The van der Waals surface area contributed by atoms with E-state index >= 15 is 0 Å². The predicted octanol–water partition coefficient (Wildman–Crippen LogP) is 6.10. The summed E-state index contributed by atoms with van der Waals surface area (Å²) in [7, 11) is 0. The van der Waals surface area contributed by atoms with Crippen LogP contribution in [0.2, 0.25) is 0 Å². The van der Waals surface area contributed by atoms with Crippen LogP contribution in [0.4, 0.5) is 8.78 Å². The minimum absolute atomic E-state index is 0.0216. The van der Waals surface area contributed by atoms with E-state index in [1.54, 1.807) is 16.8 Å². The van der Waals surface area contributed by atoms with Crippen LogP contribution in [0.25, 0.3) is 11.3 Å². The molecule has 8 nitrogen and oxygen atoms in total. The van der Waals surface area contributed by atoms with Crippen molar-refractivity contribution in [2.75, 3.05) is 13.1 Å². The van der Waals surface area contributed by atoms with Gasteiger partial charge >= 0.3 is 0 Å². The fourth-order valence-corrected chi connectivity index (χ4v) is 6.45. The predicted molar refractivity (Wildman–Crippen MR) is 169 cm³/mol. The Morgan fingerprint density at radius 3 is 2.60 bits per heavy atom. The molecular formula is C35H38F2N6O2. The molecule has 2 aromatic carbocycles. The molecule has 45 heavy (non-hydrogen) atoms. The summed E-state index contributed by atoms with van der Waals surface area (Å²) in [6.07, 6.45) is 5.48. The Labute approximate surface area is 261 Å². The molecule has 1 atom stereocenters. The molecule has 1 aliphatic heterocycles. The molecule has 2 N–H and O–H groups in total. The number of aryl methyl sites for hydroxylation is 1. The number of fused-ring (bicyclic) bond motifs is 2. The lowest BCUT2D eigenvalue weighted by atomic mass is 9.97. The molecule has 1 unspecified atom stereocenters. The second-order valence-corrected chi connectivity index (χ2v) is 12.6. The molecule has 2 aliphatic rings. The summed E-state index contributed by atoms with van der Waals surface area (Å²) in [6.45, 7) is 12.5. The van der Waals surface area contributed by atoms with Crippen LogP contribution in [0.15, 0.2) is 49.2 Å². The first-order chi connectivity index (χ1) is 21.4. The van der Waals surface area contributed by atoms with Gasteiger partial charge in [0, 0.05) is 36.3 Å². The Morgan fingerprint density at radius 2 is 1.87 bits per heavy atom. The molecule has 234 valence electrons. The molecule has 0 spiro atoms. The molecule has 6 rings (SSSR count). The van der Waals surface area contributed by atoms with E-state index < -0.39 is 17.4 Å². The van der Waals surface area contributed by atoms with Crippen LogP contribution in [0.5, 0.6) is 0 Å². The summed E-state index contributed by atoms with van der Waals surface area (Å²) in [5.41, 5.74) is 5.46. The first kappa shape index (κ1) is 30.4. The Morgan fingerprint density at radius 1 is 1.11 bits per heavy atom. The monoisotopic (exact) mass is 612 g/mol. The summed E-state index contributed by atoms with van der Waals surface area (Å²) in [4.78, 5) is 33.0. The zero-order chi connectivity index (χ0) is 32.0. The van der Waals surface area contributed by atoms with Crippen molar-refractivity contribution < 1.29 is 18.4 Å². The van der Waals surface area contributed by atoms with Crippen molar-refractivity contribution in [2.45, 2.75) is 71.6 Å². The number of benzene rings is 2. The van der Waals surface area contributed by atoms with E-state index in [0.29, 0.717) is 22.6 Å². The number of hydrogen-bond acceptors (Lipinski definition) is 5.